The molecular weight excluding hydrogens is 184 g/mol. The minimum atomic E-state index is 0.808. The van der Waals surface area contributed by atoms with Gasteiger partial charge in [0.2, 0.25) is 0 Å². The Morgan fingerprint density at radius 3 is 2.25 bits per heavy atom. The molecule has 0 aromatic rings. The summed E-state index contributed by atoms with van der Waals surface area (Å²) in [5.74, 6) is 0. The molecule has 0 aromatic carbocycles. The summed E-state index contributed by atoms with van der Waals surface area (Å²) in [6.45, 7) is 7.09. The molecule has 8 heavy (non-hydrogen) atoms. The van der Waals surface area contributed by atoms with Gasteiger partial charge in [0.15, 0.2) is 0 Å². The predicted molar refractivity (Wildman–Crippen MR) is 45.3 cm³/mol. The zero-order valence-electron chi connectivity index (χ0n) is 4.39. The van der Waals surface area contributed by atoms with Crippen LogP contribution in [-0.4, -0.2) is 0 Å². The van der Waals surface area contributed by atoms with Crippen molar-refractivity contribution in [3.8, 4) is 0 Å². The van der Waals surface area contributed by atoms with Crippen LogP contribution in [0.2, 0.25) is 0 Å². The molecule has 0 heterocycles. The number of thiol groups is 1. The molecule has 0 radical (unpaired) electrons. The Morgan fingerprint density at radius 2 is 2.12 bits per heavy atom. The van der Waals surface area contributed by atoms with Crippen molar-refractivity contribution >= 4 is 28.6 Å². The lowest BCUT2D eigenvalue weighted by Crippen LogP contribution is -1.59. The molecule has 0 fully saturated rings. The SMILES string of the molecule is C=C/C(S)=C\C(=C)Br. The summed E-state index contributed by atoms with van der Waals surface area (Å²) in [4.78, 5) is 0.812. The molecule has 0 aliphatic heterocycles. The first-order valence-corrected chi connectivity index (χ1v) is 3.28. The smallest absolute Gasteiger partial charge is 0.0114 e. The van der Waals surface area contributed by atoms with Crippen molar-refractivity contribution in [2.24, 2.45) is 0 Å². The van der Waals surface area contributed by atoms with E-state index in [1.54, 1.807) is 12.2 Å². The molecule has 0 atom stereocenters. The van der Waals surface area contributed by atoms with Crippen molar-refractivity contribution in [3.63, 3.8) is 0 Å². The van der Waals surface area contributed by atoms with Gasteiger partial charge in [-0.2, -0.15) is 0 Å². The van der Waals surface area contributed by atoms with Gasteiger partial charge in [0, 0.05) is 9.39 Å². The summed E-state index contributed by atoms with van der Waals surface area (Å²) in [5, 5.41) is 0. The fourth-order valence-corrected chi connectivity index (χ4v) is 0.799. The van der Waals surface area contributed by atoms with Crippen molar-refractivity contribution < 1.29 is 0 Å². The molecule has 44 valence electrons. The second kappa shape index (κ2) is 3.98. The fraction of sp³-hybridized carbons (Fsp3) is 0. The monoisotopic (exact) mass is 190 g/mol. The maximum Gasteiger partial charge on any atom is 0.0114 e. The number of allylic oxidation sites excluding steroid dienone is 3. The van der Waals surface area contributed by atoms with E-state index in [0.29, 0.717) is 0 Å². The van der Waals surface area contributed by atoms with E-state index in [9.17, 15) is 0 Å². The molecule has 0 unspecified atom stereocenters. The normalized spacial score (nSPS) is 11.0. The topological polar surface area (TPSA) is 0 Å². The van der Waals surface area contributed by atoms with Crippen molar-refractivity contribution in [1.82, 2.24) is 0 Å². The molecule has 2 heteroatoms. The van der Waals surface area contributed by atoms with E-state index >= 15 is 0 Å². The summed E-state index contributed by atoms with van der Waals surface area (Å²) in [7, 11) is 0. The first-order chi connectivity index (χ1) is 3.66. The molecule has 0 spiro atoms. The summed E-state index contributed by atoms with van der Waals surface area (Å²) < 4.78 is 0.808. The molecule has 0 aliphatic rings. The minimum absolute atomic E-state index is 0.808. The zero-order chi connectivity index (χ0) is 6.57. The molecule has 0 aromatic heterocycles. The minimum Gasteiger partial charge on any atom is -0.143 e. The van der Waals surface area contributed by atoms with Crippen LogP contribution in [0.4, 0.5) is 0 Å². The molecule has 0 aliphatic carbocycles. The highest BCUT2D eigenvalue weighted by molar-refractivity contribution is 9.11. The molecule has 0 rings (SSSR count). The number of halogens is 1. The molecule has 0 N–H and O–H groups in total. The van der Waals surface area contributed by atoms with Crippen molar-refractivity contribution in [2.75, 3.05) is 0 Å². The summed E-state index contributed by atoms with van der Waals surface area (Å²) in [5.41, 5.74) is 0. The predicted octanol–water partition coefficient (Wildman–Crippen LogP) is 2.89. The first kappa shape index (κ1) is 8.05. The lowest BCUT2D eigenvalue weighted by molar-refractivity contribution is 1.90. The maximum atomic E-state index is 4.02. The van der Waals surface area contributed by atoms with Crippen LogP contribution in [-0.2, 0) is 0 Å². The van der Waals surface area contributed by atoms with Gasteiger partial charge < -0.3 is 0 Å². The van der Waals surface area contributed by atoms with E-state index in [0.717, 1.165) is 9.39 Å². The van der Waals surface area contributed by atoms with E-state index in [-0.39, 0.29) is 0 Å². The van der Waals surface area contributed by atoms with Crippen molar-refractivity contribution in [1.29, 1.82) is 0 Å². The summed E-state index contributed by atoms with van der Waals surface area (Å²) in [6.07, 6.45) is 3.42. The van der Waals surface area contributed by atoms with Crippen LogP contribution >= 0.6 is 28.6 Å². The lowest BCUT2D eigenvalue weighted by atomic mass is 10.5. The molecule has 0 bridgehead atoms. The first-order valence-electron chi connectivity index (χ1n) is 2.04. The summed E-state index contributed by atoms with van der Waals surface area (Å²) >= 11 is 7.17. The van der Waals surface area contributed by atoms with Gasteiger partial charge in [-0.25, -0.2) is 0 Å². The number of hydrogen-bond donors (Lipinski definition) is 1. The average molecular weight is 191 g/mol. The van der Waals surface area contributed by atoms with Crippen molar-refractivity contribution in [3.05, 3.63) is 34.7 Å². The Hall–Kier alpha value is 0.0500. The van der Waals surface area contributed by atoms with Gasteiger partial charge in [0.1, 0.15) is 0 Å². The van der Waals surface area contributed by atoms with Gasteiger partial charge in [0.25, 0.3) is 0 Å². The van der Waals surface area contributed by atoms with Crippen molar-refractivity contribution in [2.45, 2.75) is 0 Å². The number of rotatable bonds is 2. The molecule has 0 amide bonds. The van der Waals surface area contributed by atoms with Crippen LogP contribution in [0.5, 0.6) is 0 Å². The Labute approximate surface area is 63.5 Å². The second-order valence-corrected chi connectivity index (χ2v) is 2.76. The van der Waals surface area contributed by atoms with Gasteiger partial charge in [0.05, 0.1) is 0 Å². The average Bonchev–Trinajstić information content (AvgIpc) is 1.65. The highest BCUT2D eigenvalue weighted by Crippen LogP contribution is 2.09. The third kappa shape index (κ3) is 4.22. The second-order valence-electron chi connectivity index (χ2n) is 1.22. The highest BCUT2D eigenvalue weighted by Gasteiger charge is 1.79. The maximum absolute atomic E-state index is 4.02. The van der Waals surface area contributed by atoms with E-state index in [1.807, 2.05) is 0 Å². The third-order valence-corrected chi connectivity index (χ3v) is 1.05. The highest BCUT2D eigenvalue weighted by atomic mass is 79.9. The van der Waals surface area contributed by atoms with Crippen LogP contribution in [0.1, 0.15) is 0 Å². The quantitative estimate of drug-likeness (QED) is 0.503. The van der Waals surface area contributed by atoms with Crippen LogP contribution in [0.25, 0.3) is 0 Å². The van der Waals surface area contributed by atoms with Gasteiger partial charge in [-0.15, -0.1) is 12.6 Å². The van der Waals surface area contributed by atoms with E-state index in [2.05, 4.69) is 41.7 Å². The largest absolute Gasteiger partial charge is 0.143 e. The van der Waals surface area contributed by atoms with Gasteiger partial charge in [-0.05, 0) is 6.08 Å². The van der Waals surface area contributed by atoms with Gasteiger partial charge in [-0.3, -0.25) is 0 Å². The fourth-order valence-electron chi connectivity index (χ4n) is 0.219. The van der Waals surface area contributed by atoms with Gasteiger partial charge >= 0.3 is 0 Å². The van der Waals surface area contributed by atoms with Crippen LogP contribution in [0.3, 0.4) is 0 Å². The summed E-state index contributed by atoms with van der Waals surface area (Å²) in [6, 6.07) is 0. The van der Waals surface area contributed by atoms with Crippen LogP contribution < -0.4 is 0 Å². The molecule has 0 nitrogen and oxygen atoms in total. The third-order valence-electron chi connectivity index (χ3n) is 0.514. The van der Waals surface area contributed by atoms with Crippen LogP contribution in [0.15, 0.2) is 34.7 Å². The molecule has 0 saturated carbocycles. The Kier molecular flexibility index (Phi) is 4.01. The van der Waals surface area contributed by atoms with Crippen LogP contribution in [0, 0.1) is 0 Å². The standard InChI is InChI=1S/C6H7BrS/c1-3-6(8)4-5(2)7/h3-4,8H,1-2H2/b6-4+. The van der Waals surface area contributed by atoms with E-state index in [4.69, 9.17) is 0 Å². The Bertz CT molecular complexity index is 135. The van der Waals surface area contributed by atoms with E-state index < -0.39 is 0 Å². The molecular formula is C6H7BrS. The van der Waals surface area contributed by atoms with Gasteiger partial charge in [-0.1, -0.05) is 35.2 Å². The Morgan fingerprint density at radius 1 is 1.62 bits per heavy atom. The van der Waals surface area contributed by atoms with E-state index in [1.165, 1.54) is 0 Å². The zero-order valence-corrected chi connectivity index (χ0v) is 6.87. The lowest BCUT2D eigenvalue weighted by Gasteiger charge is -1.85. The Balaban J connectivity index is 3.94. The molecule has 0 saturated heterocycles. The number of hydrogen-bond acceptors (Lipinski definition) is 1.